The summed E-state index contributed by atoms with van der Waals surface area (Å²) >= 11 is 6.52. The number of imide groups is 1. The first-order valence-corrected chi connectivity index (χ1v) is 10.7. The Balaban J connectivity index is 1.61. The lowest BCUT2D eigenvalue weighted by Crippen LogP contribution is -2.35. The van der Waals surface area contributed by atoms with Crippen molar-refractivity contribution in [3.05, 3.63) is 11.1 Å². The number of carbonyl (C=O) groups excluding carboxylic acids is 4. The fourth-order valence-corrected chi connectivity index (χ4v) is 6.01. The third-order valence-corrected chi connectivity index (χ3v) is 7.36. The van der Waals surface area contributed by atoms with E-state index in [0.717, 1.165) is 17.7 Å². The van der Waals surface area contributed by atoms with Crippen molar-refractivity contribution in [3.63, 3.8) is 0 Å². The van der Waals surface area contributed by atoms with E-state index < -0.39 is 16.7 Å². The molecule has 0 aromatic carbocycles. The van der Waals surface area contributed by atoms with Crippen molar-refractivity contribution in [2.45, 2.75) is 44.4 Å². The lowest BCUT2D eigenvalue weighted by atomic mass is 9.93. The average Bonchev–Trinajstić information content (AvgIpc) is 3.12. The van der Waals surface area contributed by atoms with Crippen molar-refractivity contribution in [3.8, 4) is 0 Å². The second-order valence-electron chi connectivity index (χ2n) is 7.62. The number of ketones is 1. The van der Waals surface area contributed by atoms with Gasteiger partial charge in [0.15, 0.2) is 12.5 Å². The van der Waals surface area contributed by atoms with Gasteiger partial charge in [-0.2, -0.15) is 0 Å². The highest BCUT2D eigenvalue weighted by molar-refractivity contribution is 9.10. The van der Waals surface area contributed by atoms with Gasteiger partial charge in [0.05, 0.1) is 16.1 Å². The molecular weight excluding hydrogens is 470 g/mol. The van der Waals surface area contributed by atoms with Gasteiger partial charge in [0.1, 0.15) is 0 Å². The molecule has 0 aromatic rings. The van der Waals surface area contributed by atoms with Crippen LogP contribution in [0.2, 0.25) is 0 Å². The number of rotatable bonds is 6. The van der Waals surface area contributed by atoms with Crippen molar-refractivity contribution in [1.82, 2.24) is 4.90 Å². The predicted octanol–water partition coefficient (Wildman–Crippen LogP) is 2.73. The lowest BCUT2D eigenvalue weighted by molar-refractivity contribution is -0.156. The highest BCUT2D eigenvalue weighted by Gasteiger charge is 2.66. The third kappa shape index (κ3) is 3.19. The van der Waals surface area contributed by atoms with Gasteiger partial charge >= 0.3 is 5.97 Å². The normalized spacial score (nSPS) is 28.1. The Morgan fingerprint density at radius 2 is 1.73 bits per heavy atom. The van der Waals surface area contributed by atoms with Crippen LogP contribution in [0.1, 0.15) is 39.5 Å². The Morgan fingerprint density at radius 3 is 2.23 bits per heavy atom. The number of halogens is 2. The van der Waals surface area contributed by atoms with E-state index in [1.54, 1.807) is 0 Å². The summed E-state index contributed by atoms with van der Waals surface area (Å²) in [6.07, 6.45) is 3.03. The van der Waals surface area contributed by atoms with E-state index in [9.17, 15) is 19.2 Å². The third-order valence-electron chi connectivity index (χ3n) is 5.73. The van der Waals surface area contributed by atoms with E-state index in [0.29, 0.717) is 24.0 Å². The summed E-state index contributed by atoms with van der Waals surface area (Å²) in [4.78, 5) is 49.7. The zero-order chi connectivity index (χ0) is 19.2. The summed E-state index contributed by atoms with van der Waals surface area (Å²) in [7, 11) is 0. The number of Topliss-reactive ketones (excluding diaryl/α,β-unsaturated/α-hetero) is 1. The van der Waals surface area contributed by atoms with Crippen LogP contribution < -0.4 is 0 Å². The zero-order valence-electron chi connectivity index (χ0n) is 14.7. The molecule has 1 saturated carbocycles. The maximum atomic E-state index is 12.5. The first kappa shape index (κ1) is 19.7. The molecule has 142 valence electrons. The van der Waals surface area contributed by atoms with E-state index in [4.69, 9.17) is 4.74 Å². The first-order valence-electron chi connectivity index (χ1n) is 8.69. The average molecular weight is 491 g/mol. The quantitative estimate of drug-likeness (QED) is 0.325. The number of esters is 1. The molecule has 1 fully saturated rings. The van der Waals surface area contributed by atoms with Gasteiger partial charge in [-0.15, -0.1) is 0 Å². The Morgan fingerprint density at radius 1 is 1.19 bits per heavy atom. The number of alkyl halides is 2. The number of hydrogen-bond donors (Lipinski definition) is 0. The fourth-order valence-electron chi connectivity index (χ4n) is 4.08. The zero-order valence-corrected chi connectivity index (χ0v) is 17.9. The van der Waals surface area contributed by atoms with E-state index >= 15 is 0 Å². The van der Waals surface area contributed by atoms with Crippen molar-refractivity contribution >= 4 is 55.4 Å². The number of hydrogen-bond acceptors (Lipinski definition) is 5. The van der Waals surface area contributed by atoms with E-state index in [1.165, 1.54) is 0 Å². The van der Waals surface area contributed by atoms with Gasteiger partial charge in [-0.05, 0) is 37.0 Å². The second-order valence-corrected chi connectivity index (χ2v) is 9.17. The van der Waals surface area contributed by atoms with Crippen LogP contribution in [0.3, 0.4) is 0 Å². The molecule has 6 nitrogen and oxygen atoms in total. The largest absolute Gasteiger partial charge is 0.443 e. The second kappa shape index (κ2) is 7.19. The SMILES string of the molecule is CC1(C)C(C(=O)OCN2C(=O)C3=C(CCCC3)C2=O)C1C(Br)C(=O)CBr. The van der Waals surface area contributed by atoms with E-state index in [-0.39, 0.29) is 41.0 Å². The van der Waals surface area contributed by atoms with Crippen LogP contribution in [-0.2, 0) is 23.9 Å². The van der Waals surface area contributed by atoms with E-state index in [2.05, 4.69) is 31.9 Å². The molecule has 0 N–H and O–H groups in total. The van der Waals surface area contributed by atoms with Gasteiger partial charge in [-0.3, -0.25) is 19.2 Å². The minimum absolute atomic E-state index is 0.0276. The molecule has 8 heteroatoms. The number of nitrogens with zero attached hydrogens (tertiary/aromatic N) is 1. The topological polar surface area (TPSA) is 80.8 Å². The van der Waals surface area contributed by atoms with Gasteiger partial charge in [0.25, 0.3) is 11.8 Å². The molecule has 1 heterocycles. The van der Waals surface area contributed by atoms with Crippen molar-refractivity contribution in [2.24, 2.45) is 17.3 Å². The molecule has 0 radical (unpaired) electrons. The Kier molecular flexibility index (Phi) is 5.45. The molecular formula is C18H21Br2NO5. The molecule has 0 spiro atoms. The highest BCUT2D eigenvalue weighted by atomic mass is 79.9. The van der Waals surface area contributed by atoms with Crippen LogP contribution >= 0.6 is 31.9 Å². The summed E-state index contributed by atoms with van der Waals surface area (Å²) in [5.41, 5.74) is 0.773. The standard InChI is InChI=1S/C18H21Br2NO5/c1-18(2)12(14(20)11(22)7-19)13(18)17(25)26-8-21-15(23)9-5-3-4-6-10(9)16(21)24/h12-14H,3-8H2,1-2H3. The molecule has 3 rings (SSSR count). The molecule has 0 aromatic heterocycles. The van der Waals surface area contributed by atoms with Crippen LogP contribution in [0.25, 0.3) is 0 Å². The van der Waals surface area contributed by atoms with Crippen LogP contribution in [-0.4, -0.2) is 45.4 Å². The molecule has 1 aliphatic heterocycles. The summed E-state index contributed by atoms with van der Waals surface area (Å²) in [6, 6.07) is 0. The van der Waals surface area contributed by atoms with Crippen LogP contribution in [0.5, 0.6) is 0 Å². The van der Waals surface area contributed by atoms with E-state index in [1.807, 2.05) is 13.8 Å². The Bertz CT molecular complexity index is 686. The highest BCUT2D eigenvalue weighted by Crippen LogP contribution is 2.62. The molecule has 0 saturated heterocycles. The number of amides is 2. The molecule has 26 heavy (non-hydrogen) atoms. The van der Waals surface area contributed by atoms with Gasteiger partial charge in [0, 0.05) is 11.1 Å². The minimum Gasteiger partial charge on any atom is -0.443 e. The van der Waals surface area contributed by atoms with Crippen LogP contribution in [0, 0.1) is 17.3 Å². The molecule has 3 unspecified atom stereocenters. The van der Waals surface area contributed by atoms with Crippen LogP contribution in [0.15, 0.2) is 11.1 Å². The predicted molar refractivity (Wildman–Crippen MR) is 101 cm³/mol. The smallest absolute Gasteiger partial charge is 0.311 e. The van der Waals surface area contributed by atoms with Crippen LogP contribution in [0.4, 0.5) is 0 Å². The fraction of sp³-hybridized carbons (Fsp3) is 0.667. The molecule has 3 aliphatic rings. The summed E-state index contributed by atoms with van der Waals surface area (Å²) in [6.45, 7) is 3.46. The number of carbonyl (C=O) groups is 4. The molecule has 2 amide bonds. The first-order chi connectivity index (χ1) is 12.2. The molecule has 2 aliphatic carbocycles. The van der Waals surface area contributed by atoms with Gasteiger partial charge in [-0.1, -0.05) is 45.7 Å². The minimum atomic E-state index is -0.475. The maximum absolute atomic E-state index is 12.5. The molecule has 0 bridgehead atoms. The maximum Gasteiger partial charge on any atom is 0.311 e. The van der Waals surface area contributed by atoms with Crippen molar-refractivity contribution < 1.29 is 23.9 Å². The van der Waals surface area contributed by atoms with Crippen molar-refractivity contribution in [1.29, 1.82) is 0 Å². The summed E-state index contributed by atoms with van der Waals surface area (Å²) < 4.78 is 5.30. The van der Waals surface area contributed by atoms with Gasteiger partial charge in [0.2, 0.25) is 0 Å². The molecule has 3 atom stereocenters. The lowest BCUT2D eigenvalue weighted by Gasteiger charge is -2.15. The monoisotopic (exact) mass is 489 g/mol. The van der Waals surface area contributed by atoms with Crippen molar-refractivity contribution in [2.75, 3.05) is 12.1 Å². The van der Waals surface area contributed by atoms with Gasteiger partial charge in [-0.25, -0.2) is 4.90 Å². The summed E-state index contributed by atoms with van der Waals surface area (Å²) in [5, 5.41) is 0.214. The Labute approximate surface area is 168 Å². The number of ether oxygens (including phenoxy) is 1. The summed E-state index contributed by atoms with van der Waals surface area (Å²) in [5.74, 6) is -1.78. The van der Waals surface area contributed by atoms with Gasteiger partial charge < -0.3 is 4.74 Å². The Hall–Kier alpha value is -1.02.